The SMILES string of the molecule is Cl.O=C(NC1CCCCC1)[C@H]1CSCN1. The highest BCUT2D eigenvalue weighted by atomic mass is 35.5. The van der Waals surface area contributed by atoms with Gasteiger partial charge in [0.2, 0.25) is 5.91 Å². The van der Waals surface area contributed by atoms with Crippen molar-refractivity contribution in [2.24, 2.45) is 0 Å². The van der Waals surface area contributed by atoms with Gasteiger partial charge in [0.25, 0.3) is 0 Å². The van der Waals surface area contributed by atoms with Gasteiger partial charge < -0.3 is 5.32 Å². The van der Waals surface area contributed by atoms with E-state index in [0.717, 1.165) is 11.6 Å². The van der Waals surface area contributed by atoms with Crippen molar-refractivity contribution in [3.05, 3.63) is 0 Å². The lowest BCUT2D eigenvalue weighted by molar-refractivity contribution is -0.123. The number of thioether (sulfide) groups is 1. The van der Waals surface area contributed by atoms with Crippen LogP contribution in [0.2, 0.25) is 0 Å². The third-order valence-electron chi connectivity index (χ3n) is 2.98. The predicted molar refractivity (Wildman–Crippen MR) is 66.5 cm³/mol. The number of carbonyl (C=O) groups is 1. The van der Waals surface area contributed by atoms with Gasteiger partial charge in [-0.3, -0.25) is 10.1 Å². The molecule has 1 aliphatic heterocycles. The molecule has 5 heteroatoms. The molecule has 2 fully saturated rings. The van der Waals surface area contributed by atoms with Gasteiger partial charge >= 0.3 is 0 Å². The summed E-state index contributed by atoms with van der Waals surface area (Å²) in [5.74, 6) is 2.06. The molecule has 0 bridgehead atoms. The van der Waals surface area contributed by atoms with Crippen LogP contribution in [0.4, 0.5) is 0 Å². The van der Waals surface area contributed by atoms with Gasteiger partial charge in [-0.15, -0.1) is 24.2 Å². The predicted octanol–water partition coefficient (Wildman–Crippen LogP) is 1.52. The van der Waals surface area contributed by atoms with E-state index in [0.29, 0.717) is 6.04 Å². The van der Waals surface area contributed by atoms with Crippen molar-refractivity contribution >= 4 is 30.1 Å². The molecular formula is C10H19ClN2OS. The summed E-state index contributed by atoms with van der Waals surface area (Å²) in [6.07, 6.45) is 6.23. The maximum absolute atomic E-state index is 11.7. The number of rotatable bonds is 2. The third-order valence-corrected chi connectivity index (χ3v) is 3.92. The molecule has 88 valence electrons. The number of hydrogen-bond acceptors (Lipinski definition) is 3. The molecule has 0 spiro atoms. The Bertz CT molecular complexity index is 204. The van der Waals surface area contributed by atoms with Crippen molar-refractivity contribution in [1.82, 2.24) is 10.6 Å². The fraction of sp³-hybridized carbons (Fsp3) is 0.900. The molecule has 2 N–H and O–H groups in total. The molecule has 1 amide bonds. The van der Waals surface area contributed by atoms with Crippen molar-refractivity contribution in [3.63, 3.8) is 0 Å². The summed E-state index contributed by atoms with van der Waals surface area (Å²) in [4.78, 5) is 11.7. The lowest BCUT2D eigenvalue weighted by Gasteiger charge is -2.24. The maximum Gasteiger partial charge on any atom is 0.238 e. The van der Waals surface area contributed by atoms with E-state index in [1.165, 1.54) is 32.1 Å². The lowest BCUT2D eigenvalue weighted by Crippen LogP contribution is -2.46. The molecule has 1 saturated heterocycles. The van der Waals surface area contributed by atoms with Crippen LogP contribution in [-0.2, 0) is 4.79 Å². The average molecular weight is 251 g/mol. The van der Waals surface area contributed by atoms with Crippen LogP contribution in [0.15, 0.2) is 0 Å². The van der Waals surface area contributed by atoms with Crippen molar-refractivity contribution in [2.75, 3.05) is 11.6 Å². The van der Waals surface area contributed by atoms with E-state index in [-0.39, 0.29) is 24.4 Å². The largest absolute Gasteiger partial charge is 0.352 e. The van der Waals surface area contributed by atoms with Crippen LogP contribution in [-0.4, -0.2) is 29.6 Å². The van der Waals surface area contributed by atoms with Gasteiger partial charge in [0.15, 0.2) is 0 Å². The van der Waals surface area contributed by atoms with Crippen molar-refractivity contribution in [1.29, 1.82) is 0 Å². The van der Waals surface area contributed by atoms with Gasteiger partial charge in [-0.1, -0.05) is 19.3 Å². The fourth-order valence-corrected chi connectivity index (χ4v) is 3.05. The number of nitrogens with one attached hydrogen (secondary N) is 2. The second-order valence-corrected chi connectivity index (χ2v) is 5.15. The van der Waals surface area contributed by atoms with Crippen LogP contribution in [0.5, 0.6) is 0 Å². The first kappa shape index (κ1) is 13.1. The standard InChI is InChI=1S/C10H18N2OS.ClH/c13-10(9-6-14-7-11-9)12-8-4-2-1-3-5-8;/h8-9,11H,1-7H2,(H,12,13);1H/t9-;/m1./s1. The van der Waals surface area contributed by atoms with E-state index in [2.05, 4.69) is 10.6 Å². The first-order valence-corrected chi connectivity index (χ1v) is 6.63. The highest BCUT2D eigenvalue weighted by Crippen LogP contribution is 2.18. The smallest absolute Gasteiger partial charge is 0.238 e. The van der Waals surface area contributed by atoms with E-state index < -0.39 is 0 Å². The van der Waals surface area contributed by atoms with Gasteiger partial charge in [-0.05, 0) is 12.8 Å². The second-order valence-electron chi connectivity index (χ2n) is 4.12. The summed E-state index contributed by atoms with van der Waals surface area (Å²) in [6, 6.07) is 0.505. The molecule has 1 heterocycles. The average Bonchev–Trinajstić information content (AvgIpc) is 2.72. The molecule has 0 aromatic carbocycles. The second kappa shape index (κ2) is 6.61. The minimum absolute atomic E-state index is 0. The third kappa shape index (κ3) is 3.85. The zero-order valence-corrected chi connectivity index (χ0v) is 10.5. The topological polar surface area (TPSA) is 41.1 Å². The maximum atomic E-state index is 11.7. The van der Waals surface area contributed by atoms with Gasteiger partial charge in [0.1, 0.15) is 0 Å². The van der Waals surface area contributed by atoms with Crippen molar-refractivity contribution < 1.29 is 4.79 Å². The summed E-state index contributed by atoms with van der Waals surface area (Å²) in [6.45, 7) is 0. The Morgan fingerprint density at radius 2 is 2.00 bits per heavy atom. The number of carbonyl (C=O) groups excluding carboxylic acids is 1. The molecule has 0 aromatic heterocycles. The molecular weight excluding hydrogens is 232 g/mol. The van der Waals surface area contributed by atoms with Crippen LogP contribution >= 0.6 is 24.2 Å². The monoisotopic (exact) mass is 250 g/mol. The van der Waals surface area contributed by atoms with Gasteiger partial charge in [-0.2, -0.15) is 0 Å². The number of halogens is 1. The first-order chi connectivity index (χ1) is 6.86. The van der Waals surface area contributed by atoms with E-state index in [1.54, 1.807) is 11.8 Å². The minimum atomic E-state index is 0. The Morgan fingerprint density at radius 1 is 1.27 bits per heavy atom. The lowest BCUT2D eigenvalue weighted by atomic mass is 9.95. The highest BCUT2D eigenvalue weighted by molar-refractivity contribution is 7.99. The Hall–Kier alpha value is 0.0700. The molecule has 3 nitrogen and oxygen atoms in total. The molecule has 0 unspecified atom stereocenters. The van der Waals surface area contributed by atoms with Crippen LogP contribution in [0.3, 0.4) is 0 Å². The summed E-state index contributed by atoms with van der Waals surface area (Å²) in [7, 11) is 0. The van der Waals surface area contributed by atoms with Crippen LogP contribution < -0.4 is 10.6 Å². The Labute approximate surface area is 102 Å². The van der Waals surface area contributed by atoms with Crippen molar-refractivity contribution in [3.8, 4) is 0 Å². The van der Waals surface area contributed by atoms with Gasteiger partial charge in [-0.25, -0.2) is 0 Å². The van der Waals surface area contributed by atoms with Crippen LogP contribution in [0.1, 0.15) is 32.1 Å². The Morgan fingerprint density at radius 3 is 2.60 bits per heavy atom. The van der Waals surface area contributed by atoms with E-state index in [1.807, 2.05) is 0 Å². The van der Waals surface area contributed by atoms with E-state index in [4.69, 9.17) is 0 Å². The fourth-order valence-electron chi connectivity index (χ4n) is 2.11. The molecule has 1 saturated carbocycles. The molecule has 1 atom stereocenters. The zero-order valence-electron chi connectivity index (χ0n) is 8.83. The minimum Gasteiger partial charge on any atom is -0.352 e. The number of hydrogen-bond donors (Lipinski definition) is 2. The number of amides is 1. The Balaban J connectivity index is 0.00000112. The van der Waals surface area contributed by atoms with E-state index in [9.17, 15) is 4.79 Å². The summed E-state index contributed by atoms with van der Waals surface area (Å²) in [5, 5.41) is 6.34. The van der Waals surface area contributed by atoms with Crippen molar-refractivity contribution in [2.45, 2.75) is 44.2 Å². The summed E-state index contributed by atoms with van der Waals surface area (Å²) >= 11 is 1.80. The molecule has 1 aliphatic carbocycles. The molecule has 0 radical (unpaired) electrons. The zero-order chi connectivity index (χ0) is 9.80. The van der Waals surface area contributed by atoms with E-state index >= 15 is 0 Å². The normalized spacial score (nSPS) is 27.1. The molecule has 15 heavy (non-hydrogen) atoms. The van der Waals surface area contributed by atoms with Gasteiger partial charge in [0.05, 0.1) is 6.04 Å². The van der Waals surface area contributed by atoms with Gasteiger partial charge in [0, 0.05) is 17.7 Å². The highest BCUT2D eigenvalue weighted by Gasteiger charge is 2.24. The van der Waals surface area contributed by atoms with Crippen LogP contribution in [0, 0.1) is 0 Å². The quantitative estimate of drug-likeness (QED) is 0.781. The molecule has 2 rings (SSSR count). The Kier molecular flexibility index (Phi) is 5.79. The molecule has 2 aliphatic rings. The first-order valence-electron chi connectivity index (χ1n) is 5.48. The van der Waals surface area contributed by atoms with Crippen LogP contribution in [0.25, 0.3) is 0 Å². The summed E-state index contributed by atoms with van der Waals surface area (Å²) < 4.78 is 0. The molecule has 0 aromatic rings. The summed E-state index contributed by atoms with van der Waals surface area (Å²) in [5.41, 5.74) is 0.